The van der Waals surface area contributed by atoms with Gasteiger partial charge in [-0.2, -0.15) is 0 Å². The van der Waals surface area contributed by atoms with Crippen molar-refractivity contribution in [3.05, 3.63) is 57.0 Å². The number of para-hydroxylation sites is 1. The second kappa shape index (κ2) is 7.24. The zero-order chi connectivity index (χ0) is 18.1. The third-order valence-corrected chi connectivity index (χ3v) is 5.20. The minimum absolute atomic E-state index is 0.0744. The van der Waals surface area contributed by atoms with Gasteiger partial charge in [-0.3, -0.25) is 9.59 Å². The lowest BCUT2D eigenvalue weighted by molar-refractivity contribution is -0.122. The van der Waals surface area contributed by atoms with Crippen molar-refractivity contribution in [2.75, 3.05) is 16.8 Å². The minimum Gasteiger partial charge on any atom is -0.324 e. The molecule has 0 radical (unpaired) electrons. The van der Waals surface area contributed by atoms with Crippen LogP contribution in [0.3, 0.4) is 0 Å². The number of amides is 2. The molecule has 2 aromatic rings. The van der Waals surface area contributed by atoms with Crippen molar-refractivity contribution in [3.63, 3.8) is 0 Å². The number of carbonyl (C=O) groups excluding carboxylic acids is 2. The van der Waals surface area contributed by atoms with Crippen LogP contribution < -0.4 is 10.2 Å². The molecule has 1 fully saturated rings. The average Bonchev–Trinajstić information content (AvgIpc) is 2.95. The van der Waals surface area contributed by atoms with Gasteiger partial charge in [0.15, 0.2) is 0 Å². The summed E-state index contributed by atoms with van der Waals surface area (Å²) in [5, 5.41) is 3.64. The fourth-order valence-electron chi connectivity index (χ4n) is 2.84. The van der Waals surface area contributed by atoms with Crippen molar-refractivity contribution in [1.29, 1.82) is 0 Å². The first-order valence-electron chi connectivity index (χ1n) is 7.68. The Bertz CT molecular complexity index is 854. The number of hydrogen-bond donors (Lipinski definition) is 1. The third-order valence-electron chi connectivity index (χ3n) is 4.17. The molecule has 0 saturated carbocycles. The van der Waals surface area contributed by atoms with Crippen molar-refractivity contribution in [3.8, 4) is 0 Å². The lowest BCUT2D eigenvalue weighted by Crippen LogP contribution is -2.28. The Balaban J connectivity index is 1.75. The summed E-state index contributed by atoms with van der Waals surface area (Å²) in [5.74, 6) is -0.808. The first-order chi connectivity index (χ1) is 11.9. The van der Waals surface area contributed by atoms with E-state index in [1.54, 1.807) is 4.90 Å². The highest BCUT2D eigenvalue weighted by molar-refractivity contribution is 6.44. The molecule has 2 aromatic carbocycles. The molecule has 0 aliphatic carbocycles. The quantitative estimate of drug-likeness (QED) is 0.745. The Labute approximate surface area is 160 Å². The fourth-order valence-corrected chi connectivity index (χ4v) is 3.43. The molecule has 130 valence electrons. The van der Waals surface area contributed by atoms with Crippen LogP contribution in [0.25, 0.3) is 0 Å². The van der Waals surface area contributed by atoms with Gasteiger partial charge < -0.3 is 10.2 Å². The molecule has 3 rings (SSSR count). The summed E-state index contributed by atoms with van der Waals surface area (Å²) in [7, 11) is 0. The van der Waals surface area contributed by atoms with Crippen molar-refractivity contribution < 1.29 is 9.59 Å². The van der Waals surface area contributed by atoms with Crippen LogP contribution in [0.5, 0.6) is 0 Å². The summed E-state index contributed by atoms with van der Waals surface area (Å²) < 4.78 is 0. The van der Waals surface area contributed by atoms with Crippen LogP contribution in [0.1, 0.15) is 12.0 Å². The number of halogens is 3. The maximum atomic E-state index is 12.5. The highest BCUT2D eigenvalue weighted by Gasteiger charge is 2.35. The van der Waals surface area contributed by atoms with Crippen LogP contribution in [0, 0.1) is 12.8 Å². The average molecular weight is 398 g/mol. The van der Waals surface area contributed by atoms with Gasteiger partial charge in [0, 0.05) is 18.7 Å². The molecule has 25 heavy (non-hydrogen) atoms. The predicted octanol–water partition coefficient (Wildman–Crippen LogP) is 4.95. The third kappa shape index (κ3) is 3.76. The molecule has 0 spiro atoms. The maximum absolute atomic E-state index is 12.5. The van der Waals surface area contributed by atoms with E-state index in [0.29, 0.717) is 27.3 Å². The Morgan fingerprint density at radius 1 is 1.12 bits per heavy atom. The van der Waals surface area contributed by atoms with Crippen molar-refractivity contribution >= 4 is 58.0 Å². The number of nitrogens with zero attached hydrogens (tertiary/aromatic N) is 1. The van der Waals surface area contributed by atoms with Crippen molar-refractivity contribution in [1.82, 2.24) is 0 Å². The first-order valence-corrected chi connectivity index (χ1v) is 8.81. The number of carbonyl (C=O) groups is 2. The van der Waals surface area contributed by atoms with E-state index in [0.717, 1.165) is 11.3 Å². The van der Waals surface area contributed by atoms with E-state index in [-0.39, 0.29) is 18.2 Å². The van der Waals surface area contributed by atoms with Gasteiger partial charge >= 0.3 is 0 Å². The Kier molecular flexibility index (Phi) is 5.23. The second-order valence-electron chi connectivity index (χ2n) is 5.93. The lowest BCUT2D eigenvalue weighted by atomic mass is 10.1. The van der Waals surface area contributed by atoms with Gasteiger partial charge in [0.1, 0.15) is 0 Å². The Morgan fingerprint density at radius 3 is 2.52 bits per heavy atom. The SMILES string of the molecule is Cc1ccccc1N1CC(C(=O)Nc2cc(Cl)c(Cl)cc2Cl)CC1=O. The number of nitrogens with one attached hydrogen (secondary N) is 1. The molecule has 0 aromatic heterocycles. The molecule has 1 aliphatic heterocycles. The van der Waals surface area contributed by atoms with Crippen molar-refractivity contribution in [2.45, 2.75) is 13.3 Å². The summed E-state index contributed by atoms with van der Waals surface area (Å²) in [6.07, 6.45) is 0.152. The molecule has 1 atom stereocenters. The summed E-state index contributed by atoms with van der Waals surface area (Å²) in [5.41, 5.74) is 2.20. The van der Waals surface area contributed by atoms with Crippen LogP contribution in [0.15, 0.2) is 36.4 Å². The monoisotopic (exact) mass is 396 g/mol. The van der Waals surface area contributed by atoms with Gasteiger partial charge in [0.05, 0.1) is 26.7 Å². The Morgan fingerprint density at radius 2 is 1.80 bits per heavy atom. The van der Waals surface area contributed by atoms with Gasteiger partial charge in [0.2, 0.25) is 11.8 Å². The van der Waals surface area contributed by atoms with Crippen LogP contribution in [0.4, 0.5) is 11.4 Å². The number of hydrogen-bond acceptors (Lipinski definition) is 2. The molecule has 0 bridgehead atoms. The van der Waals surface area contributed by atoms with E-state index in [4.69, 9.17) is 34.8 Å². The summed E-state index contributed by atoms with van der Waals surface area (Å²) in [6, 6.07) is 10.6. The van der Waals surface area contributed by atoms with Gasteiger partial charge in [-0.1, -0.05) is 53.0 Å². The van der Waals surface area contributed by atoms with Gasteiger partial charge in [-0.15, -0.1) is 0 Å². The zero-order valence-corrected chi connectivity index (χ0v) is 15.6. The minimum atomic E-state index is -0.461. The molecule has 1 N–H and O–H groups in total. The smallest absolute Gasteiger partial charge is 0.229 e. The molecular weight excluding hydrogens is 383 g/mol. The van der Waals surface area contributed by atoms with E-state index in [9.17, 15) is 9.59 Å². The summed E-state index contributed by atoms with van der Waals surface area (Å²) >= 11 is 17.9. The first kappa shape index (κ1) is 18.1. The van der Waals surface area contributed by atoms with Crippen molar-refractivity contribution in [2.24, 2.45) is 5.92 Å². The molecule has 1 unspecified atom stereocenters. The second-order valence-corrected chi connectivity index (χ2v) is 7.15. The zero-order valence-electron chi connectivity index (χ0n) is 13.4. The molecular formula is C18H15Cl3N2O2. The molecule has 4 nitrogen and oxygen atoms in total. The van der Waals surface area contributed by atoms with E-state index < -0.39 is 5.92 Å². The largest absolute Gasteiger partial charge is 0.324 e. The van der Waals surface area contributed by atoms with E-state index in [2.05, 4.69) is 5.32 Å². The van der Waals surface area contributed by atoms with Crippen LogP contribution in [0.2, 0.25) is 15.1 Å². The summed E-state index contributed by atoms with van der Waals surface area (Å²) in [4.78, 5) is 26.5. The fraction of sp³-hybridized carbons (Fsp3) is 0.222. The molecule has 1 heterocycles. The van der Waals surface area contributed by atoms with Crippen LogP contribution in [-0.4, -0.2) is 18.4 Å². The summed E-state index contributed by atoms with van der Waals surface area (Å²) in [6.45, 7) is 2.26. The lowest BCUT2D eigenvalue weighted by Gasteiger charge is -2.19. The predicted molar refractivity (Wildman–Crippen MR) is 102 cm³/mol. The number of aryl methyl sites for hydroxylation is 1. The van der Waals surface area contributed by atoms with E-state index >= 15 is 0 Å². The Hall–Kier alpha value is -1.75. The molecule has 1 saturated heterocycles. The van der Waals surface area contributed by atoms with Crippen LogP contribution >= 0.6 is 34.8 Å². The molecule has 2 amide bonds. The highest BCUT2D eigenvalue weighted by Crippen LogP contribution is 2.33. The normalized spacial score (nSPS) is 17.0. The standard InChI is InChI=1S/C18H15Cl3N2O2/c1-10-4-2-3-5-16(10)23-9-11(6-17(23)24)18(25)22-15-8-13(20)12(19)7-14(15)21/h2-5,7-8,11H,6,9H2,1H3,(H,22,25). The number of rotatable bonds is 3. The van der Waals surface area contributed by atoms with Crippen LogP contribution in [-0.2, 0) is 9.59 Å². The maximum Gasteiger partial charge on any atom is 0.229 e. The van der Waals surface area contributed by atoms with Gasteiger partial charge in [-0.05, 0) is 30.7 Å². The number of anilines is 2. The van der Waals surface area contributed by atoms with E-state index in [1.807, 2.05) is 31.2 Å². The van der Waals surface area contributed by atoms with E-state index in [1.165, 1.54) is 12.1 Å². The molecule has 1 aliphatic rings. The number of benzene rings is 2. The highest BCUT2D eigenvalue weighted by atomic mass is 35.5. The van der Waals surface area contributed by atoms with Gasteiger partial charge in [-0.25, -0.2) is 0 Å². The van der Waals surface area contributed by atoms with Gasteiger partial charge in [0.25, 0.3) is 0 Å². The topological polar surface area (TPSA) is 49.4 Å². The molecule has 7 heteroatoms.